The summed E-state index contributed by atoms with van der Waals surface area (Å²) >= 11 is 5.98. The molecule has 4 nitrogen and oxygen atoms in total. The summed E-state index contributed by atoms with van der Waals surface area (Å²) in [5.41, 5.74) is 5.54. The van der Waals surface area contributed by atoms with Crippen LogP contribution in [0, 0.1) is 5.92 Å². The zero-order valence-corrected chi connectivity index (χ0v) is 9.67. The lowest BCUT2D eigenvalue weighted by molar-refractivity contribution is 0.492. The maximum Gasteiger partial charge on any atom is 0.222 e. The van der Waals surface area contributed by atoms with Crippen LogP contribution in [0.1, 0.15) is 26.7 Å². The van der Waals surface area contributed by atoms with E-state index in [1.54, 1.807) is 0 Å². The van der Waals surface area contributed by atoms with Crippen molar-refractivity contribution >= 4 is 23.4 Å². The Kier molecular flexibility index (Phi) is 2.46. The summed E-state index contributed by atoms with van der Waals surface area (Å²) in [4.78, 5) is 7.92. The maximum atomic E-state index is 5.98. The summed E-state index contributed by atoms with van der Waals surface area (Å²) in [7, 11) is 0. The van der Waals surface area contributed by atoms with Crippen LogP contribution in [0.4, 0.5) is 11.8 Å². The molecule has 2 rings (SSSR count). The minimum atomic E-state index is 0.0183. The smallest absolute Gasteiger partial charge is 0.222 e. The normalized spacial score (nSPS) is 16.5. The SMILES string of the molecule is CC(C)(Nc1nc(N)ncc1Cl)C1CC1. The minimum absolute atomic E-state index is 0.0183. The maximum absolute atomic E-state index is 5.98. The highest BCUT2D eigenvalue weighted by Crippen LogP contribution is 2.41. The fourth-order valence-electron chi connectivity index (χ4n) is 1.68. The van der Waals surface area contributed by atoms with Gasteiger partial charge in [-0.3, -0.25) is 0 Å². The number of nitrogens with zero attached hydrogens (tertiary/aromatic N) is 2. The quantitative estimate of drug-likeness (QED) is 0.830. The Morgan fingerprint density at radius 2 is 2.20 bits per heavy atom. The van der Waals surface area contributed by atoms with Gasteiger partial charge in [0.1, 0.15) is 5.02 Å². The van der Waals surface area contributed by atoms with Gasteiger partial charge in [-0.05, 0) is 32.6 Å². The van der Waals surface area contributed by atoms with E-state index in [2.05, 4.69) is 29.1 Å². The number of hydrogen-bond donors (Lipinski definition) is 2. The van der Waals surface area contributed by atoms with Crippen molar-refractivity contribution in [3.05, 3.63) is 11.2 Å². The summed E-state index contributed by atoms with van der Waals surface area (Å²) < 4.78 is 0. The van der Waals surface area contributed by atoms with E-state index in [4.69, 9.17) is 17.3 Å². The number of rotatable bonds is 3. The molecule has 1 aliphatic rings. The standard InChI is InChI=1S/C10H15ClN4/c1-10(2,6-3-4-6)15-8-7(11)5-13-9(12)14-8/h5-6H,3-4H2,1-2H3,(H3,12,13,14,15). The van der Waals surface area contributed by atoms with E-state index in [0.29, 0.717) is 16.8 Å². The Morgan fingerprint density at radius 1 is 1.53 bits per heavy atom. The Balaban J connectivity index is 2.19. The first-order valence-electron chi connectivity index (χ1n) is 5.05. The average molecular weight is 227 g/mol. The number of anilines is 2. The number of halogens is 1. The molecule has 3 N–H and O–H groups in total. The van der Waals surface area contributed by atoms with Crippen LogP contribution < -0.4 is 11.1 Å². The number of aromatic nitrogens is 2. The molecule has 15 heavy (non-hydrogen) atoms. The van der Waals surface area contributed by atoms with E-state index < -0.39 is 0 Å². The molecule has 1 aromatic heterocycles. The number of nitrogen functional groups attached to an aromatic ring is 1. The second-order valence-electron chi connectivity index (χ2n) is 4.55. The molecule has 0 aliphatic heterocycles. The van der Waals surface area contributed by atoms with Crippen molar-refractivity contribution in [2.75, 3.05) is 11.1 Å². The van der Waals surface area contributed by atoms with Gasteiger partial charge in [0.05, 0.1) is 6.20 Å². The van der Waals surface area contributed by atoms with Gasteiger partial charge in [0.2, 0.25) is 5.95 Å². The van der Waals surface area contributed by atoms with Gasteiger partial charge in [-0.25, -0.2) is 4.98 Å². The van der Waals surface area contributed by atoms with Gasteiger partial charge < -0.3 is 11.1 Å². The molecule has 0 aromatic carbocycles. The average Bonchev–Trinajstić information content (AvgIpc) is 2.93. The first kappa shape index (κ1) is 10.5. The van der Waals surface area contributed by atoms with E-state index >= 15 is 0 Å². The first-order valence-corrected chi connectivity index (χ1v) is 5.43. The highest BCUT2D eigenvalue weighted by molar-refractivity contribution is 6.32. The topological polar surface area (TPSA) is 63.8 Å². The third-order valence-corrected chi connectivity index (χ3v) is 3.08. The van der Waals surface area contributed by atoms with Crippen LogP contribution in [0.25, 0.3) is 0 Å². The molecule has 1 heterocycles. The Hall–Kier alpha value is -1.03. The summed E-state index contributed by atoms with van der Waals surface area (Å²) in [6.07, 6.45) is 4.05. The van der Waals surface area contributed by atoms with Crippen LogP contribution in [-0.2, 0) is 0 Å². The van der Waals surface area contributed by atoms with Crippen LogP contribution in [-0.4, -0.2) is 15.5 Å². The predicted octanol–water partition coefficient (Wildman–Crippen LogP) is 2.31. The van der Waals surface area contributed by atoms with Gasteiger partial charge in [0.25, 0.3) is 0 Å². The molecule has 0 radical (unpaired) electrons. The van der Waals surface area contributed by atoms with Crippen LogP contribution in [0.5, 0.6) is 0 Å². The predicted molar refractivity (Wildman–Crippen MR) is 61.9 cm³/mol. The molecule has 0 amide bonds. The van der Waals surface area contributed by atoms with Crippen LogP contribution in [0.2, 0.25) is 5.02 Å². The molecule has 1 aromatic rings. The summed E-state index contributed by atoms with van der Waals surface area (Å²) in [5, 5.41) is 3.84. The zero-order chi connectivity index (χ0) is 11.1. The van der Waals surface area contributed by atoms with Gasteiger partial charge in [0.15, 0.2) is 5.82 Å². The van der Waals surface area contributed by atoms with E-state index in [1.165, 1.54) is 19.0 Å². The third kappa shape index (κ3) is 2.31. The Labute approximate surface area is 94.2 Å². The van der Waals surface area contributed by atoms with Crippen LogP contribution in [0.15, 0.2) is 6.20 Å². The molecule has 1 aliphatic carbocycles. The second-order valence-corrected chi connectivity index (χ2v) is 4.95. The minimum Gasteiger partial charge on any atom is -0.368 e. The summed E-state index contributed by atoms with van der Waals surface area (Å²) in [5.74, 6) is 1.57. The highest BCUT2D eigenvalue weighted by atomic mass is 35.5. The largest absolute Gasteiger partial charge is 0.368 e. The van der Waals surface area contributed by atoms with Gasteiger partial charge in [-0.1, -0.05) is 11.6 Å². The summed E-state index contributed by atoms with van der Waals surface area (Å²) in [6, 6.07) is 0. The van der Waals surface area contributed by atoms with Crippen LogP contribution >= 0.6 is 11.6 Å². The van der Waals surface area contributed by atoms with Crippen molar-refractivity contribution in [1.29, 1.82) is 0 Å². The molecule has 1 fully saturated rings. The lowest BCUT2D eigenvalue weighted by Crippen LogP contribution is -2.33. The van der Waals surface area contributed by atoms with Crippen molar-refractivity contribution in [3.63, 3.8) is 0 Å². The van der Waals surface area contributed by atoms with Gasteiger partial charge in [0, 0.05) is 5.54 Å². The third-order valence-electron chi connectivity index (χ3n) is 2.80. The van der Waals surface area contributed by atoms with Gasteiger partial charge in [-0.15, -0.1) is 0 Å². The van der Waals surface area contributed by atoms with E-state index in [-0.39, 0.29) is 11.5 Å². The lowest BCUT2D eigenvalue weighted by Gasteiger charge is -2.27. The van der Waals surface area contributed by atoms with Gasteiger partial charge >= 0.3 is 0 Å². The lowest BCUT2D eigenvalue weighted by atomic mass is 9.99. The second kappa shape index (κ2) is 3.52. The van der Waals surface area contributed by atoms with E-state index in [0.717, 1.165) is 0 Å². The van der Waals surface area contributed by atoms with Crippen LogP contribution in [0.3, 0.4) is 0 Å². The van der Waals surface area contributed by atoms with Crippen molar-refractivity contribution in [1.82, 2.24) is 9.97 Å². The molecule has 1 saturated carbocycles. The van der Waals surface area contributed by atoms with Crippen molar-refractivity contribution in [3.8, 4) is 0 Å². The molecule has 0 atom stereocenters. The van der Waals surface area contributed by atoms with Crippen molar-refractivity contribution in [2.24, 2.45) is 5.92 Å². The molecule has 0 saturated heterocycles. The molecule has 5 heteroatoms. The molecular weight excluding hydrogens is 212 g/mol. The fourth-order valence-corrected chi connectivity index (χ4v) is 1.82. The fraction of sp³-hybridized carbons (Fsp3) is 0.600. The zero-order valence-electron chi connectivity index (χ0n) is 8.92. The molecular formula is C10H15ClN4. The molecule has 0 unspecified atom stereocenters. The number of hydrogen-bond acceptors (Lipinski definition) is 4. The van der Waals surface area contributed by atoms with Gasteiger partial charge in [-0.2, -0.15) is 4.98 Å². The molecule has 0 bridgehead atoms. The molecule has 0 spiro atoms. The number of nitrogens with two attached hydrogens (primary N) is 1. The van der Waals surface area contributed by atoms with E-state index in [1.807, 2.05) is 0 Å². The van der Waals surface area contributed by atoms with Crippen molar-refractivity contribution < 1.29 is 0 Å². The first-order chi connectivity index (χ1) is 6.99. The van der Waals surface area contributed by atoms with E-state index in [9.17, 15) is 0 Å². The highest BCUT2D eigenvalue weighted by Gasteiger charge is 2.38. The Bertz CT molecular complexity index is 374. The molecule has 82 valence electrons. The Morgan fingerprint density at radius 3 is 2.80 bits per heavy atom. The number of nitrogens with one attached hydrogen (secondary N) is 1. The van der Waals surface area contributed by atoms with Crippen molar-refractivity contribution in [2.45, 2.75) is 32.2 Å². The summed E-state index contributed by atoms with van der Waals surface area (Å²) in [6.45, 7) is 4.30. The monoisotopic (exact) mass is 226 g/mol.